The van der Waals surface area contributed by atoms with E-state index in [-0.39, 0.29) is 59.9 Å². The number of hydrogen-bond acceptors (Lipinski definition) is 12. The number of likely N-dealkylation sites (tertiary alicyclic amines) is 1. The number of carbonyl (C=O) groups is 5. The zero-order valence-electron chi connectivity index (χ0n) is 32.0. The SMILES string of the molecule is Cc1cc(Nc2nc(NCc3ccc(F)cc3F)nc3c2cnn3C2CCN(C(=O)C3CCN(c4ccc5c(c4)C(=O)N(C4CCC(=O)NC4=O)C5=O)CC3)CC2)n[nH]1. The third kappa shape index (κ3) is 7.20. The summed E-state index contributed by atoms with van der Waals surface area (Å²) in [6, 6.07) is 9.21. The third-order valence-corrected chi connectivity index (χ3v) is 11.6. The van der Waals surface area contributed by atoms with Gasteiger partial charge in [0.1, 0.15) is 23.5 Å². The van der Waals surface area contributed by atoms with E-state index in [1.807, 2.05) is 22.6 Å². The molecule has 0 aliphatic carbocycles. The maximum atomic E-state index is 14.4. The molecule has 7 heterocycles. The Morgan fingerprint density at radius 1 is 0.898 bits per heavy atom. The first-order chi connectivity index (χ1) is 28.5. The molecular formula is C40H40F2N12O5. The molecular weight excluding hydrogens is 767 g/mol. The van der Waals surface area contributed by atoms with Crippen LogP contribution in [0, 0.1) is 24.5 Å². The lowest BCUT2D eigenvalue weighted by molar-refractivity contribution is -0.138. The van der Waals surface area contributed by atoms with E-state index < -0.39 is 41.3 Å². The number of carbonyl (C=O) groups excluding carboxylic acids is 5. The topological polar surface area (TPSA) is 203 Å². The molecule has 19 heteroatoms. The second-order valence-electron chi connectivity index (χ2n) is 15.4. The standard InChI is InChI=1S/C40H40F2N12O5/c1-21-16-32(50-49-21)45-34-29-20-44-54(35(29)48-40(47-34)43-19-23-2-3-24(41)17-30(23)42)25-10-14-52(15-11-25)37(57)22-8-12-51(13-9-22)26-4-5-27-28(18-26)39(59)53(38(27)58)31-6-7-33(55)46-36(31)56/h2-5,16-18,20,22,25,31H,6-15,19H2,1H3,(H,46,55,56)(H3,43,45,47,48,49,50). The molecule has 0 spiro atoms. The minimum absolute atomic E-state index is 0.0192. The van der Waals surface area contributed by atoms with Crippen molar-refractivity contribution < 1.29 is 32.8 Å². The van der Waals surface area contributed by atoms with E-state index in [0.717, 1.165) is 22.3 Å². The molecule has 1 unspecified atom stereocenters. The van der Waals surface area contributed by atoms with Crippen LogP contribution in [0.5, 0.6) is 0 Å². The highest BCUT2D eigenvalue weighted by Crippen LogP contribution is 2.34. The van der Waals surface area contributed by atoms with E-state index in [1.165, 1.54) is 12.1 Å². The van der Waals surface area contributed by atoms with Gasteiger partial charge in [0.2, 0.25) is 23.7 Å². The Bertz CT molecular complexity index is 2520. The molecule has 59 heavy (non-hydrogen) atoms. The number of fused-ring (bicyclic) bond motifs is 2. The number of imide groups is 2. The fourth-order valence-corrected chi connectivity index (χ4v) is 8.44. The van der Waals surface area contributed by atoms with Gasteiger partial charge in [-0.05, 0) is 63.3 Å². The van der Waals surface area contributed by atoms with E-state index >= 15 is 0 Å². The highest BCUT2D eigenvalue weighted by molar-refractivity contribution is 6.23. The maximum absolute atomic E-state index is 14.4. The lowest BCUT2D eigenvalue weighted by Gasteiger charge is -2.38. The van der Waals surface area contributed by atoms with Crippen LogP contribution in [0.4, 0.5) is 32.1 Å². The van der Waals surface area contributed by atoms with Crippen molar-refractivity contribution in [3.63, 3.8) is 0 Å². The van der Waals surface area contributed by atoms with Crippen LogP contribution < -0.4 is 20.9 Å². The van der Waals surface area contributed by atoms with Gasteiger partial charge in [0.15, 0.2) is 11.5 Å². The zero-order valence-corrected chi connectivity index (χ0v) is 32.0. The van der Waals surface area contributed by atoms with Crippen LogP contribution in [-0.4, -0.2) is 102 Å². The lowest BCUT2D eigenvalue weighted by Crippen LogP contribution is -2.54. The van der Waals surface area contributed by atoms with Crippen molar-refractivity contribution in [3.8, 4) is 0 Å². The van der Waals surface area contributed by atoms with E-state index in [0.29, 0.717) is 74.5 Å². The minimum atomic E-state index is -1.03. The van der Waals surface area contributed by atoms with Crippen LogP contribution in [0.15, 0.2) is 48.7 Å². The molecule has 304 valence electrons. The number of nitrogens with one attached hydrogen (secondary N) is 4. The van der Waals surface area contributed by atoms with Crippen LogP contribution >= 0.6 is 0 Å². The van der Waals surface area contributed by atoms with Crippen molar-refractivity contribution in [2.75, 3.05) is 41.7 Å². The summed E-state index contributed by atoms with van der Waals surface area (Å²) in [5.41, 5.74) is 2.86. The van der Waals surface area contributed by atoms with Crippen LogP contribution in [0.25, 0.3) is 11.0 Å². The molecule has 3 saturated heterocycles. The van der Waals surface area contributed by atoms with E-state index in [4.69, 9.17) is 10.1 Å². The number of anilines is 4. The molecule has 0 bridgehead atoms. The predicted molar refractivity (Wildman–Crippen MR) is 209 cm³/mol. The third-order valence-electron chi connectivity index (χ3n) is 11.6. The first-order valence-electron chi connectivity index (χ1n) is 19.6. The summed E-state index contributed by atoms with van der Waals surface area (Å²) in [4.78, 5) is 78.8. The second kappa shape index (κ2) is 15.2. The van der Waals surface area contributed by atoms with Crippen molar-refractivity contribution in [2.24, 2.45) is 5.92 Å². The van der Waals surface area contributed by atoms with Gasteiger partial charge in [-0.15, -0.1) is 0 Å². The summed E-state index contributed by atoms with van der Waals surface area (Å²) in [7, 11) is 0. The fourth-order valence-electron chi connectivity index (χ4n) is 8.44. The average molecular weight is 807 g/mol. The number of piperidine rings is 3. The number of hydrogen-bond donors (Lipinski definition) is 4. The van der Waals surface area contributed by atoms with Gasteiger partial charge < -0.3 is 20.4 Å². The van der Waals surface area contributed by atoms with Crippen LogP contribution in [0.1, 0.15) is 76.5 Å². The number of benzene rings is 2. The summed E-state index contributed by atoms with van der Waals surface area (Å²) in [6.45, 7) is 4.14. The number of rotatable bonds is 9. The van der Waals surface area contributed by atoms with Crippen LogP contribution in [0.3, 0.4) is 0 Å². The van der Waals surface area contributed by atoms with Gasteiger partial charge in [0.25, 0.3) is 11.8 Å². The summed E-state index contributed by atoms with van der Waals surface area (Å²) in [5.74, 6) is -2.39. The van der Waals surface area contributed by atoms with Gasteiger partial charge in [-0.3, -0.25) is 39.3 Å². The average Bonchev–Trinajstić information content (AvgIpc) is 3.92. The van der Waals surface area contributed by atoms with E-state index in [2.05, 4.69) is 36.0 Å². The van der Waals surface area contributed by atoms with Gasteiger partial charge >= 0.3 is 0 Å². The normalized spacial score (nSPS) is 19.1. The van der Waals surface area contributed by atoms with Crippen molar-refractivity contribution >= 4 is 63.8 Å². The molecule has 0 saturated carbocycles. The summed E-state index contributed by atoms with van der Waals surface area (Å²) in [5, 5.41) is 21.0. The molecule has 3 aromatic heterocycles. The van der Waals surface area contributed by atoms with Gasteiger partial charge in [-0.1, -0.05) is 6.07 Å². The largest absolute Gasteiger partial charge is 0.371 e. The Morgan fingerprint density at radius 3 is 2.41 bits per heavy atom. The predicted octanol–water partition coefficient (Wildman–Crippen LogP) is 3.97. The summed E-state index contributed by atoms with van der Waals surface area (Å²) < 4.78 is 29.8. The smallest absolute Gasteiger partial charge is 0.262 e. The van der Waals surface area contributed by atoms with E-state index in [9.17, 15) is 32.8 Å². The summed E-state index contributed by atoms with van der Waals surface area (Å²) >= 11 is 0. The zero-order chi connectivity index (χ0) is 40.9. The summed E-state index contributed by atoms with van der Waals surface area (Å²) in [6.07, 6.45) is 4.36. The Morgan fingerprint density at radius 2 is 1.68 bits per heavy atom. The van der Waals surface area contributed by atoms with Gasteiger partial charge in [-0.25, -0.2) is 13.5 Å². The monoisotopic (exact) mass is 806 g/mol. The number of H-pyrrole nitrogens is 1. The Labute approximate surface area is 335 Å². The minimum Gasteiger partial charge on any atom is -0.371 e. The van der Waals surface area contributed by atoms with Gasteiger partial charge in [0.05, 0.1) is 28.8 Å². The lowest BCUT2D eigenvalue weighted by atomic mass is 9.93. The van der Waals surface area contributed by atoms with Gasteiger partial charge in [0, 0.05) is 74.1 Å². The van der Waals surface area contributed by atoms with Crippen LogP contribution in [-0.2, 0) is 20.9 Å². The number of amides is 5. The first kappa shape index (κ1) is 37.8. The molecule has 1 atom stereocenters. The quantitative estimate of drug-likeness (QED) is 0.156. The Balaban J connectivity index is 0.839. The molecule has 9 rings (SSSR count). The maximum Gasteiger partial charge on any atom is 0.262 e. The molecule has 5 aromatic rings. The molecule has 3 fully saturated rings. The van der Waals surface area contributed by atoms with Crippen molar-refractivity contribution in [1.29, 1.82) is 0 Å². The number of aryl methyl sites for hydroxylation is 1. The second-order valence-corrected chi connectivity index (χ2v) is 15.4. The Hall–Kier alpha value is -6.79. The van der Waals surface area contributed by atoms with Crippen molar-refractivity contribution in [1.82, 2.24) is 45.1 Å². The van der Waals surface area contributed by atoms with Crippen LogP contribution in [0.2, 0.25) is 0 Å². The molecule has 0 radical (unpaired) electrons. The molecule has 5 amide bonds. The fraction of sp³-hybridized carbons (Fsp3) is 0.375. The highest BCUT2D eigenvalue weighted by Gasteiger charge is 2.45. The molecule has 4 N–H and O–H groups in total. The van der Waals surface area contributed by atoms with E-state index in [1.54, 1.807) is 24.4 Å². The highest BCUT2D eigenvalue weighted by atomic mass is 19.1. The van der Waals surface area contributed by atoms with Gasteiger partial charge in [-0.2, -0.15) is 20.2 Å². The van der Waals surface area contributed by atoms with Crippen molar-refractivity contribution in [2.45, 2.75) is 64.1 Å². The molecule has 17 nitrogen and oxygen atoms in total. The number of aromatic amines is 1. The first-order valence-corrected chi connectivity index (χ1v) is 19.6. The number of halogens is 2. The van der Waals surface area contributed by atoms with Crippen molar-refractivity contribution in [3.05, 3.63) is 82.7 Å². The number of aromatic nitrogens is 6. The molecule has 2 aromatic carbocycles. The Kier molecular flexibility index (Phi) is 9.72. The number of nitrogens with zero attached hydrogens (tertiary/aromatic N) is 8. The molecule has 4 aliphatic heterocycles. The molecule has 4 aliphatic rings.